The van der Waals surface area contributed by atoms with E-state index in [1.807, 2.05) is 0 Å². The molecule has 0 aliphatic heterocycles. The van der Waals surface area contributed by atoms with Crippen molar-refractivity contribution in [2.45, 2.75) is 380 Å². The molecule has 2 unspecified atom stereocenters. The molecule has 0 heterocycles. The van der Waals surface area contributed by atoms with Crippen LogP contribution in [0.25, 0.3) is 0 Å². The highest BCUT2D eigenvalue weighted by Crippen LogP contribution is 2.45. The topological polar surface area (TPSA) is 237 Å². The van der Waals surface area contributed by atoms with Gasteiger partial charge in [0.15, 0.2) is 12.2 Å². The van der Waals surface area contributed by atoms with Crippen LogP contribution in [0, 0.1) is 5.92 Å². The number of unbranched alkanes of at least 4 members (excludes halogenated alkanes) is 42. The summed E-state index contributed by atoms with van der Waals surface area (Å²) in [6, 6.07) is 0. The summed E-state index contributed by atoms with van der Waals surface area (Å²) in [5.74, 6) is -1.31. The summed E-state index contributed by atoms with van der Waals surface area (Å²) in [6.45, 7) is 7.19. The van der Waals surface area contributed by atoms with E-state index in [0.717, 1.165) is 102 Å². The van der Waals surface area contributed by atoms with Crippen LogP contribution in [0.5, 0.6) is 0 Å². The van der Waals surface area contributed by atoms with Crippen LogP contribution in [0.2, 0.25) is 0 Å². The number of phosphoric acid groups is 2. The zero-order chi connectivity index (χ0) is 65.6. The second-order valence-electron chi connectivity index (χ2n) is 25.7. The SMILES string of the molecule is CCCCCCCCCCCCCCC(=O)OC[C@H](COP(=O)(O)OC[C@@H](O)COP(=O)(O)OC[C@@H](COC(=O)CCCCCCC)OC(=O)CCCCCCCCCCCCC)OC(=O)CCCCCCCCCCCCCCCCCCCCC(C)C. The lowest BCUT2D eigenvalue weighted by Crippen LogP contribution is -2.30. The summed E-state index contributed by atoms with van der Waals surface area (Å²) in [5, 5.41) is 10.5. The monoisotopic (exact) mass is 1310 g/mol. The molecule has 0 aromatic rings. The number of esters is 4. The summed E-state index contributed by atoms with van der Waals surface area (Å²) >= 11 is 0. The smallest absolute Gasteiger partial charge is 0.462 e. The van der Waals surface area contributed by atoms with Crippen LogP contribution in [0.1, 0.15) is 362 Å². The number of aliphatic hydroxyl groups excluding tert-OH is 1. The number of aliphatic hydroxyl groups is 1. The Labute approximate surface area is 543 Å². The first kappa shape index (κ1) is 87.1. The number of ether oxygens (including phenoxy) is 4. The van der Waals surface area contributed by atoms with Crippen molar-refractivity contribution < 1.29 is 80.2 Å². The Bertz CT molecular complexity index is 1720. The fourth-order valence-corrected chi connectivity index (χ4v) is 12.2. The fraction of sp³-hybridized carbons (Fsp3) is 0.943. The van der Waals surface area contributed by atoms with Crippen molar-refractivity contribution in [3.8, 4) is 0 Å². The van der Waals surface area contributed by atoms with Crippen molar-refractivity contribution in [2.24, 2.45) is 5.92 Å². The van der Waals surface area contributed by atoms with Crippen molar-refractivity contribution in [2.75, 3.05) is 39.6 Å². The molecule has 0 bridgehead atoms. The zero-order valence-corrected chi connectivity index (χ0v) is 59.4. The molecule has 0 spiro atoms. The quantitative estimate of drug-likeness (QED) is 0.0222. The fourth-order valence-electron chi connectivity index (χ4n) is 10.6. The molecule has 0 saturated heterocycles. The van der Waals surface area contributed by atoms with Gasteiger partial charge in [-0.2, -0.15) is 0 Å². The first-order valence-electron chi connectivity index (χ1n) is 36.6. The lowest BCUT2D eigenvalue weighted by molar-refractivity contribution is -0.161. The van der Waals surface area contributed by atoms with Gasteiger partial charge in [-0.05, 0) is 31.6 Å². The Morgan fingerprint density at radius 3 is 0.764 bits per heavy atom. The highest BCUT2D eigenvalue weighted by molar-refractivity contribution is 7.47. The number of hydrogen-bond acceptors (Lipinski definition) is 15. The van der Waals surface area contributed by atoms with Crippen LogP contribution in [-0.2, 0) is 65.4 Å². The molecule has 5 atom stereocenters. The molecule has 0 aliphatic rings. The molecule has 17 nitrogen and oxygen atoms in total. The molecule has 0 radical (unpaired) electrons. The number of phosphoric ester groups is 2. The van der Waals surface area contributed by atoms with Gasteiger partial charge < -0.3 is 33.8 Å². The maximum Gasteiger partial charge on any atom is 0.472 e. The van der Waals surface area contributed by atoms with E-state index in [1.165, 1.54) is 180 Å². The molecule has 0 fully saturated rings. The van der Waals surface area contributed by atoms with Crippen molar-refractivity contribution in [3.05, 3.63) is 0 Å². The van der Waals surface area contributed by atoms with Gasteiger partial charge in [-0.25, -0.2) is 9.13 Å². The van der Waals surface area contributed by atoms with E-state index in [-0.39, 0.29) is 25.7 Å². The second-order valence-corrected chi connectivity index (χ2v) is 28.7. The van der Waals surface area contributed by atoms with Crippen molar-refractivity contribution in [3.63, 3.8) is 0 Å². The van der Waals surface area contributed by atoms with Crippen molar-refractivity contribution >= 4 is 39.5 Å². The zero-order valence-electron chi connectivity index (χ0n) is 57.6. The normalized spacial score (nSPS) is 14.1. The first-order chi connectivity index (χ1) is 43.0. The summed E-state index contributed by atoms with van der Waals surface area (Å²) in [6.07, 6.45) is 50.4. The number of carbonyl (C=O) groups excluding carboxylic acids is 4. The lowest BCUT2D eigenvalue weighted by Gasteiger charge is -2.21. The van der Waals surface area contributed by atoms with Gasteiger partial charge in [0.25, 0.3) is 0 Å². The third-order valence-corrected chi connectivity index (χ3v) is 18.2. The van der Waals surface area contributed by atoms with Gasteiger partial charge in [0, 0.05) is 25.7 Å². The van der Waals surface area contributed by atoms with E-state index in [1.54, 1.807) is 0 Å². The maximum atomic E-state index is 13.0. The van der Waals surface area contributed by atoms with Gasteiger partial charge in [-0.1, -0.05) is 311 Å². The molecule has 0 rings (SSSR count). The Morgan fingerprint density at radius 1 is 0.303 bits per heavy atom. The molecule has 0 amide bonds. The predicted molar refractivity (Wildman–Crippen MR) is 358 cm³/mol. The van der Waals surface area contributed by atoms with E-state index in [4.69, 9.17) is 37.0 Å². The molecular formula is C70H136O17P2. The average Bonchev–Trinajstić information content (AvgIpc) is 3.51. The molecule has 19 heteroatoms. The average molecular weight is 1310 g/mol. The molecule has 3 N–H and O–H groups in total. The summed E-state index contributed by atoms with van der Waals surface area (Å²) in [7, 11) is -9.89. The minimum atomic E-state index is -4.95. The summed E-state index contributed by atoms with van der Waals surface area (Å²) in [4.78, 5) is 72.2. The first-order valence-corrected chi connectivity index (χ1v) is 39.6. The summed E-state index contributed by atoms with van der Waals surface area (Å²) in [5.41, 5.74) is 0. The van der Waals surface area contributed by atoms with Gasteiger partial charge in [-0.3, -0.25) is 37.3 Å². The van der Waals surface area contributed by atoms with E-state index in [0.29, 0.717) is 25.7 Å². The minimum Gasteiger partial charge on any atom is -0.462 e. The van der Waals surface area contributed by atoms with E-state index in [2.05, 4.69) is 34.6 Å². The van der Waals surface area contributed by atoms with Crippen LogP contribution in [0.3, 0.4) is 0 Å². The van der Waals surface area contributed by atoms with Gasteiger partial charge in [-0.15, -0.1) is 0 Å². The van der Waals surface area contributed by atoms with Gasteiger partial charge >= 0.3 is 39.5 Å². The van der Waals surface area contributed by atoms with Crippen molar-refractivity contribution in [1.29, 1.82) is 0 Å². The minimum absolute atomic E-state index is 0.106. The molecule has 0 aromatic heterocycles. The Kier molecular flexibility index (Phi) is 62.1. The third kappa shape index (κ3) is 64.6. The molecular weight excluding hydrogens is 1170 g/mol. The molecule has 0 aliphatic carbocycles. The number of rotatable bonds is 70. The van der Waals surface area contributed by atoms with E-state index >= 15 is 0 Å². The Morgan fingerprint density at radius 2 is 0.517 bits per heavy atom. The van der Waals surface area contributed by atoms with E-state index < -0.39 is 97.5 Å². The largest absolute Gasteiger partial charge is 0.472 e. The van der Waals surface area contributed by atoms with Crippen LogP contribution >= 0.6 is 15.6 Å². The van der Waals surface area contributed by atoms with Gasteiger partial charge in [0.05, 0.1) is 26.4 Å². The standard InChI is InChI=1S/C70H136O17P2/c1-6-9-12-15-17-19-21-32-35-39-44-49-54-68(73)81-60-66(87-70(75)56-51-46-41-37-33-29-27-25-23-22-24-26-28-31-34-38-43-47-52-63(4)5)62-85-89(78,79)83-58-64(71)57-82-88(76,77)84-61-65(59-80-67(72)53-48-42-14-11-8-3)86-69(74)55-50-45-40-36-30-20-18-16-13-10-7-2/h63-66,71H,6-62H2,1-5H3,(H,76,77)(H,78,79)/t64-,65+,66+/m0/s1. The lowest BCUT2D eigenvalue weighted by atomic mass is 10.0. The number of hydrogen-bond donors (Lipinski definition) is 3. The van der Waals surface area contributed by atoms with Gasteiger partial charge in [0.1, 0.15) is 19.3 Å². The molecule has 89 heavy (non-hydrogen) atoms. The highest BCUT2D eigenvalue weighted by Gasteiger charge is 2.30. The Hall–Kier alpha value is -1.94. The van der Waals surface area contributed by atoms with Crippen LogP contribution in [0.15, 0.2) is 0 Å². The Balaban J connectivity index is 5.10. The molecule has 0 aromatic carbocycles. The van der Waals surface area contributed by atoms with Crippen LogP contribution < -0.4 is 0 Å². The number of carbonyl (C=O) groups is 4. The van der Waals surface area contributed by atoms with E-state index in [9.17, 15) is 43.2 Å². The van der Waals surface area contributed by atoms with Crippen LogP contribution in [0.4, 0.5) is 0 Å². The predicted octanol–water partition coefficient (Wildman–Crippen LogP) is 20.1. The van der Waals surface area contributed by atoms with Crippen molar-refractivity contribution in [1.82, 2.24) is 0 Å². The maximum absolute atomic E-state index is 13.0. The molecule has 0 saturated carbocycles. The summed E-state index contributed by atoms with van der Waals surface area (Å²) < 4.78 is 68.0. The third-order valence-electron chi connectivity index (χ3n) is 16.3. The van der Waals surface area contributed by atoms with Crippen LogP contribution in [-0.4, -0.2) is 96.7 Å². The van der Waals surface area contributed by atoms with Gasteiger partial charge in [0.2, 0.25) is 0 Å². The molecule has 528 valence electrons. The highest BCUT2D eigenvalue weighted by atomic mass is 31.2. The second kappa shape index (κ2) is 63.5.